The molecule has 0 N–H and O–H groups in total. The quantitative estimate of drug-likeness (QED) is 0.490. The van der Waals surface area contributed by atoms with E-state index in [-0.39, 0.29) is 57.0 Å². The van der Waals surface area contributed by atoms with Crippen molar-refractivity contribution >= 4 is 23.1 Å². The fourth-order valence-electron chi connectivity index (χ4n) is 1.38. The van der Waals surface area contributed by atoms with Crippen LogP contribution in [0.2, 0.25) is 0 Å². The third kappa shape index (κ3) is 5.00. The first-order valence-electron chi connectivity index (χ1n) is 4.48. The first kappa shape index (κ1) is 18.5. The zero-order valence-electron chi connectivity index (χ0n) is 9.16. The van der Waals surface area contributed by atoms with Crippen molar-refractivity contribution in [2.75, 3.05) is 0 Å². The molecule has 0 heterocycles. The van der Waals surface area contributed by atoms with Gasteiger partial charge in [0.2, 0.25) is 0 Å². The minimum absolute atomic E-state index is 0. The largest absolute Gasteiger partial charge is 2.00 e. The van der Waals surface area contributed by atoms with Crippen LogP contribution < -0.4 is 34.0 Å². The molecule has 0 nitrogen and oxygen atoms in total. The molecule has 0 unspecified atom stereocenters. The van der Waals surface area contributed by atoms with Gasteiger partial charge in [-0.05, 0) is 18.1 Å². The van der Waals surface area contributed by atoms with Crippen LogP contribution in [-0.2, 0) is 0 Å². The summed E-state index contributed by atoms with van der Waals surface area (Å²) >= 11 is 0. The van der Waals surface area contributed by atoms with Crippen LogP contribution in [0.4, 0.5) is 0 Å². The Morgan fingerprint density at radius 1 is 0.625 bits per heavy atom. The minimum Gasteiger partial charge on any atom is -1.00 e. The topological polar surface area (TPSA) is 0 Å². The van der Waals surface area contributed by atoms with Crippen LogP contribution in [0.3, 0.4) is 0 Å². The molecule has 0 atom stereocenters. The van der Waals surface area contributed by atoms with Crippen molar-refractivity contribution in [1.82, 2.24) is 0 Å². The van der Waals surface area contributed by atoms with Gasteiger partial charge in [0.25, 0.3) is 0 Å². The first-order chi connectivity index (χ1) is 6.36. The Bertz CT molecular complexity index is 384. The molecule has 0 bridgehead atoms. The predicted octanol–water partition coefficient (Wildman–Crippen LogP) is -2.71. The van der Waals surface area contributed by atoms with Crippen LogP contribution >= 0.6 is 0 Å². The Hall–Kier alpha value is 0.166. The summed E-state index contributed by atoms with van der Waals surface area (Å²) in [6.45, 7) is 2.11. The van der Waals surface area contributed by atoms with E-state index in [2.05, 4.69) is 55.5 Å². The van der Waals surface area contributed by atoms with E-state index in [4.69, 9.17) is 0 Å². The second kappa shape index (κ2) is 9.22. The molecule has 0 spiro atoms. The fraction of sp³-hybridized carbons (Fsp3) is 0.0769. The minimum atomic E-state index is 0. The van der Waals surface area contributed by atoms with Crippen molar-refractivity contribution in [1.29, 1.82) is 0 Å². The standard InChI is InChI=1S/C13H12.2BrH.Mg/c1-11-7-9-13(10-8-11)12-5-3-2-4-6-12;;;/h2-10H,1H3;2*1H;/q;;;+2/p-2. The van der Waals surface area contributed by atoms with Gasteiger partial charge in [-0.3, -0.25) is 0 Å². The molecule has 0 radical (unpaired) electrons. The number of halogens is 2. The number of hydrogen-bond acceptors (Lipinski definition) is 0. The Morgan fingerprint density at radius 2 is 1.06 bits per heavy atom. The molecule has 2 aromatic rings. The summed E-state index contributed by atoms with van der Waals surface area (Å²) in [5.41, 5.74) is 3.87. The molecule has 2 aromatic carbocycles. The van der Waals surface area contributed by atoms with E-state index in [1.54, 1.807) is 0 Å². The molecule has 2 rings (SSSR count). The first-order valence-corrected chi connectivity index (χ1v) is 4.48. The van der Waals surface area contributed by atoms with Crippen LogP contribution in [-0.4, -0.2) is 23.1 Å². The summed E-state index contributed by atoms with van der Waals surface area (Å²) in [5, 5.41) is 0. The third-order valence-electron chi connectivity index (χ3n) is 2.16. The SMILES string of the molecule is Cc1ccc(-c2ccccc2)cc1.[Br-].[Br-].[Mg+2]. The average Bonchev–Trinajstić information content (AvgIpc) is 2.20. The fourth-order valence-corrected chi connectivity index (χ4v) is 1.38. The smallest absolute Gasteiger partial charge is 1.00 e. The molecule has 3 heteroatoms. The normalized spacial score (nSPS) is 8.06. The van der Waals surface area contributed by atoms with Crippen molar-refractivity contribution in [3.8, 4) is 11.1 Å². The maximum absolute atomic E-state index is 2.16. The molecule has 0 fully saturated rings. The summed E-state index contributed by atoms with van der Waals surface area (Å²) in [5.74, 6) is 0. The molecule has 0 aromatic heterocycles. The van der Waals surface area contributed by atoms with E-state index in [1.165, 1.54) is 16.7 Å². The third-order valence-corrected chi connectivity index (χ3v) is 2.16. The summed E-state index contributed by atoms with van der Waals surface area (Å²) in [7, 11) is 0. The Labute approximate surface area is 134 Å². The van der Waals surface area contributed by atoms with Gasteiger partial charge in [-0.2, -0.15) is 0 Å². The van der Waals surface area contributed by atoms with Crippen LogP contribution in [0.15, 0.2) is 54.6 Å². The van der Waals surface area contributed by atoms with Crippen molar-refractivity contribution in [2.45, 2.75) is 6.92 Å². The van der Waals surface area contributed by atoms with Gasteiger partial charge >= 0.3 is 23.1 Å². The predicted molar refractivity (Wildman–Crippen MR) is 62.4 cm³/mol. The van der Waals surface area contributed by atoms with Crippen molar-refractivity contribution in [2.24, 2.45) is 0 Å². The number of rotatable bonds is 1. The average molecular weight is 352 g/mol. The maximum Gasteiger partial charge on any atom is 2.00 e. The Kier molecular flexibility index (Phi) is 10.7. The van der Waals surface area contributed by atoms with Gasteiger partial charge in [-0.25, -0.2) is 0 Å². The molecule has 16 heavy (non-hydrogen) atoms. The van der Waals surface area contributed by atoms with Gasteiger partial charge in [0.1, 0.15) is 0 Å². The van der Waals surface area contributed by atoms with E-state index in [0.29, 0.717) is 0 Å². The molecule has 0 aliphatic rings. The molecular weight excluding hydrogens is 340 g/mol. The van der Waals surface area contributed by atoms with Crippen LogP contribution in [0.5, 0.6) is 0 Å². The van der Waals surface area contributed by atoms with Crippen LogP contribution in [0, 0.1) is 6.92 Å². The van der Waals surface area contributed by atoms with Crippen molar-refractivity contribution in [3.05, 3.63) is 60.2 Å². The second-order valence-corrected chi connectivity index (χ2v) is 3.23. The van der Waals surface area contributed by atoms with Crippen molar-refractivity contribution in [3.63, 3.8) is 0 Å². The molecule has 80 valence electrons. The van der Waals surface area contributed by atoms with Gasteiger partial charge in [-0.15, -0.1) is 0 Å². The summed E-state index contributed by atoms with van der Waals surface area (Å²) in [4.78, 5) is 0. The van der Waals surface area contributed by atoms with Crippen molar-refractivity contribution < 1.29 is 34.0 Å². The number of aryl methyl sites for hydroxylation is 1. The summed E-state index contributed by atoms with van der Waals surface area (Å²) in [6, 6.07) is 19.0. The molecule has 0 amide bonds. The van der Waals surface area contributed by atoms with Gasteiger partial charge in [0, 0.05) is 0 Å². The molecule has 0 saturated heterocycles. The van der Waals surface area contributed by atoms with Crippen LogP contribution in [0.25, 0.3) is 11.1 Å². The van der Waals surface area contributed by atoms with E-state index in [1.807, 2.05) is 6.07 Å². The Balaban J connectivity index is 0. The van der Waals surface area contributed by atoms with E-state index < -0.39 is 0 Å². The monoisotopic (exact) mass is 350 g/mol. The second-order valence-electron chi connectivity index (χ2n) is 3.23. The maximum atomic E-state index is 2.16. The molecule has 0 aliphatic carbocycles. The number of hydrogen-bond donors (Lipinski definition) is 0. The Morgan fingerprint density at radius 3 is 1.56 bits per heavy atom. The molecule has 0 saturated carbocycles. The van der Waals surface area contributed by atoms with Crippen LogP contribution in [0.1, 0.15) is 5.56 Å². The zero-order chi connectivity index (χ0) is 9.10. The zero-order valence-corrected chi connectivity index (χ0v) is 13.7. The van der Waals surface area contributed by atoms with E-state index in [0.717, 1.165) is 0 Å². The summed E-state index contributed by atoms with van der Waals surface area (Å²) < 4.78 is 0. The van der Waals surface area contributed by atoms with E-state index in [9.17, 15) is 0 Å². The van der Waals surface area contributed by atoms with Gasteiger partial charge < -0.3 is 34.0 Å². The van der Waals surface area contributed by atoms with E-state index >= 15 is 0 Å². The molecular formula is C13H12Br2Mg. The van der Waals surface area contributed by atoms with Gasteiger partial charge in [0.05, 0.1) is 0 Å². The van der Waals surface area contributed by atoms with Gasteiger partial charge in [-0.1, -0.05) is 60.2 Å². The summed E-state index contributed by atoms with van der Waals surface area (Å²) in [6.07, 6.45) is 0. The van der Waals surface area contributed by atoms with Gasteiger partial charge in [0.15, 0.2) is 0 Å². The molecule has 0 aliphatic heterocycles. The number of benzene rings is 2.